The van der Waals surface area contributed by atoms with Crippen molar-refractivity contribution in [3.8, 4) is 0 Å². The van der Waals surface area contributed by atoms with Gasteiger partial charge in [0.1, 0.15) is 0 Å². The first-order valence-electron chi connectivity index (χ1n) is 3.77. The van der Waals surface area contributed by atoms with Crippen molar-refractivity contribution >= 4 is 0 Å². The average Bonchev–Trinajstić information content (AvgIpc) is 2.01. The van der Waals surface area contributed by atoms with Gasteiger partial charge in [-0.3, -0.25) is 0 Å². The first-order chi connectivity index (χ1) is 4.59. The molecule has 1 heteroatoms. The zero-order valence-corrected chi connectivity index (χ0v) is 11.0. The van der Waals surface area contributed by atoms with Gasteiger partial charge in [-0.25, -0.2) is 0 Å². The van der Waals surface area contributed by atoms with Crippen LogP contribution in [-0.4, -0.2) is 0 Å². The quantitative estimate of drug-likeness (QED) is 0.671. The molecule has 0 saturated carbocycles. The van der Waals surface area contributed by atoms with Gasteiger partial charge >= 0.3 is 68.8 Å². The molecule has 0 radical (unpaired) electrons. The van der Waals surface area contributed by atoms with Gasteiger partial charge in [-0.15, -0.1) is 0 Å². The molecule has 0 nitrogen and oxygen atoms in total. The Kier molecular flexibility index (Phi) is 1.45. The second-order valence-electron chi connectivity index (χ2n) is 6.08. The first kappa shape index (κ1) is 9.23. The van der Waals surface area contributed by atoms with E-state index in [4.69, 9.17) is 0 Å². The van der Waals surface area contributed by atoms with Crippen molar-refractivity contribution in [1.82, 2.24) is 0 Å². The number of allylic oxidation sites excluding steroid dienone is 4. The number of hydrogen-bond acceptors (Lipinski definition) is 0. The predicted octanol–water partition coefficient (Wildman–Crippen LogP) is 4.37. The molecule has 0 amide bonds. The molecule has 0 aromatic rings. The van der Waals surface area contributed by atoms with Crippen LogP contribution in [0.25, 0.3) is 0 Å². The molecule has 0 spiro atoms. The van der Waals surface area contributed by atoms with Crippen LogP contribution in [0, 0.1) is 0 Å². The van der Waals surface area contributed by atoms with Crippen molar-refractivity contribution in [3.05, 3.63) is 24.3 Å². The minimum absolute atomic E-state index is 0.741. The fourth-order valence-electron chi connectivity index (χ4n) is 1.13. The van der Waals surface area contributed by atoms with E-state index in [1.165, 1.54) is 0 Å². The van der Waals surface area contributed by atoms with Crippen LogP contribution in [0.4, 0.5) is 0 Å². The molecule has 11 heavy (non-hydrogen) atoms. The monoisotopic (exact) mass is 327 g/mol. The number of rotatable bonds is 1. The van der Waals surface area contributed by atoms with E-state index in [-0.39, 0.29) is 0 Å². The van der Waals surface area contributed by atoms with Gasteiger partial charge in [-0.1, -0.05) is 0 Å². The van der Waals surface area contributed by atoms with Gasteiger partial charge in [0, 0.05) is 0 Å². The van der Waals surface area contributed by atoms with Crippen molar-refractivity contribution in [1.29, 1.82) is 0 Å². The third kappa shape index (κ3) is 2.29. The second-order valence-corrected chi connectivity index (χ2v) is 42.9. The third-order valence-electron chi connectivity index (χ3n) is 1.96. The Morgan fingerprint density at radius 1 is 0.818 bits per heavy atom. The van der Waals surface area contributed by atoms with E-state index in [1.807, 2.05) is 0 Å². The Morgan fingerprint density at radius 3 is 1.36 bits per heavy atom. The molecule has 0 fully saturated rings. The van der Waals surface area contributed by atoms with Crippen molar-refractivity contribution in [2.75, 3.05) is 0 Å². The van der Waals surface area contributed by atoms with E-state index in [0.29, 0.717) is 0 Å². The Balaban J connectivity index is 3.09. The van der Waals surface area contributed by atoms with E-state index < -0.39 is 13.1 Å². The third-order valence-corrected chi connectivity index (χ3v) is 12.1. The van der Waals surface area contributed by atoms with Gasteiger partial charge in [0.15, 0.2) is 0 Å². The molecule has 0 N–H and O–H groups in total. The molecular formula is C10H20Re. The van der Waals surface area contributed by atoms with E-state index >= 15 is 0 Å². The van der Waals surface area contributed by atoms with Crippen molar-refractivity contribution in [2.24, 2.45) is 0 Å². The summed E-state index contributed by atoms with van der Waals surface area (Å²) in [5, 5.41) is 12.5. The molecule has 67 valence electrons. The normalized spacial score (nSPS) is 25.2. The molecule has 1 aliphatic carbocycles. The standard InChI is InChI=1S/C5H5.5CH3.Re/c1-2-4-5-3-1;;;;;;/h1-5H;5*1H3;. The van der Waals surface area contributed by atoms with Crippen molar-refractivity contribution < 1.29 is 13.1 Å². The molecule has 0 aromatic carbocycles. The SMILES string of the molecule is [CH3][Re]([CH3])([CH3])([CH3])([CH3])[CH]1C=CC=C1. The summed E-state index contributed by atoms with van der Waals surface area (Å²) in [6.07, 6.45) is 9.07. The summed E-state index contributed by atoms with van der Waals surface area (Å²) in [5.41, 5.74) is 0. The molecule has 0 saturated heterocycles. The van der Waals surface area contributed by atoms with E-state index in [1.54, 1.807) is 0 Å². The topological polar surface area (TPSA) is 0 Å². The molecule has 0 aromatic heterocycles. The fourth-order valence-corrected chi connectivity index (χ4v) is 6.96. The summed E-state index contributed by atoms with van der Waals surface area (Å²) >= 11 is -2.68. The maximum absolute atomic E-state index is 2.68. The van der Waals surface area contributed by atoms with Gasteiger partial charge in [0.25, 0.3) is 0 Å². The van der Waals surface area contributed by atoms with Gasteiger partial charge in [0.05, 0.1) is 0 Å². The summed E-state index contributed by atoms with van der Waals surface area (Å²) in [6.45, 7) is 0. The van der Waals surface area contributed by atoms with Crippen molar-refractivity contribution in [3.63, 3.8) is 0 Å². The van der Waals surface area contributed by atoms with E-state index in [9.17, 15) is 0 Å². The summed E-state index contributed by atoms with van der Waals surface area (Å²) in [4.78, 5) is 0. The average molecular weight is 326 g/mol. The molecule has 0 heterocycles. The first-order valence-corrected chi connectivity index (χ1v) is 18.9. The Morgan fingerprint density at radius 2 is 1.18 bits per heavy atom. The van der Waals surface area contributed by atoms with Crippen LogP contribution in [0.15, 0.2) is 24.3 Å². The van der Waals surface area contributed by atoms with E-state index in [2.05, 4.69) is 51.3 Å². The van der Waals surface area contributed by atoms with E-state index in [0.717, 1.165) is 4.39 Å². The summed E-state index contributed by atoms with van der Waals surface area (Å²) in [5.74, 6) is 0. The summed E-state index contributed by atoms with van der Waals surface area (Å²) in [7, 11) is 0. The summed E-state index contributed by atoms with van der Waals surface area (Å²) in [6, 6.07) is 0. The van der Waals surface area contributed by atoms with Crippen LogP contribution in [0.3, 0.4) is 0 Å². The molecule has 0 aliphatic heterocycles. The van der Waals surface area contributed by atoms with Crippen LogP contribution >= 0.6 is 0 Å². The Hall–Kier alpha value is 0.142. The Bertz CT molecular complexity index is 209. The summed E-state index contributed by atoms with van der Waals surface area (Å²) < 4.78 is 0.741. The molecule has 0 bridgehead atoms. The van der Waals surface area contributed by atoms with Gasteiger partial charge < -0.3 is 0 Å². The van der Waals surface area contributed by atoms with Crippen LogP contribution in [0.2, 0.25) is 31.4 Å². The zero-order chi connectivity index (χ0) is 8.81. The Labute approximate surface area is 68.9 Å². The predicted molar refractivity (Wildman–Crippen MR) is 51.4 cm³/mol. The number of hydrogen-bond donors (Lipinski definition) is 0. The maximum atomic E-state index is 2.50. The van der Waals surface area contributed by atoms with Crippen LogP contribution in [0.5, 0.6) is 0 Å². The van der Waals surface area contributed by atoms with Gasteiger partial charge in [-0.2, -0.15) is 0 Å². The molecule has 1 rings (SSSR count). The van der Waals surface area contributed by atoms with Crippen LogP contribution in [0.1, 0.15) is 0 Å². The van der Waals surface area contributed by atoms with Gasteiger partial charge in [-0.05, 0) is 0 Å². The van der Waals surface area contributed by atoms with Crippen LogP contribution < -0.4 is 0 Å². The fraction of sp³-hybridized carbons (Fsp3) is 0.600. The second kappa shape index (κ2) is 1.73. The minimum atomic E-state index is -2.68. The van der Waals surface area contributed by atoms with Crippen molar-refractivity contribution in [2.45, 2.75) is 31.4 Å². The molecular weight excluding hydrogens is 306 g/mol. The zero-order valence-electron chi connectivity index (χ0n) is 8.26. The van der Waals surface area contributed by atoms with Gasteiger partial charge in [0.2, 0.25) is 0 Å². The molecule has 1 aliphatic rings. The molecule has 0 atom stereocenters. The molecule has 0 unspecified atom stereocenters. The van der Waals surface area contributed by atoms with Crippen LogP contribution in [-0.2, 0) is 13.1 Å².